The van der Waals surface area contributed by atoms with E-state index in [-0.39, 0.29) is 17.6 Å². The number of rotatable bonds is 4. The van der Waals surface area contributed by atoms with Crippen LogP contribution in [0.1, 0.15) is 43.6 Å². The van der Waals surface area contributed by atoms with E-state index in [1.165, 1.54) is 6.07 Å². The number of anilines is 2. The van der Waals surface area contributed by atoms with E-state index < -0.39 is 11.9 Å². The molecule has 0 amide bonds. The second-order valence-electron chi connectivity index (χ2n) is 8.26. The SMILES string of the molecule is FC(F)(F)c1cc(N[C@H]2CCC[C@@H](Nc3nnc4n3CCC4)C2)c2cc(Cl)ccc2n1. The lowest BCUT2D eigenvalue weighted by molar-refractivity contribution is -0.140. The largest absolute Gasteiger partial charge is 0.433 e. The summed E-state index contributed by atoms with van der Waals surface area (Å²) in [5.74, 6) is 1.80. The molecule has 3 heterocycles. The van der Waals surface area contributed by atoms with Crippen molar-refractivity contribution in [3.8, 4) is 0 Å². The molecule has 5 rings (SSSR count). The average Bonchev–Trinajstić information content (AvgIpc) is 3.33. The van der Waals surface area contributed by atoms with Crippen LogP contribution in [0.4, 0.5) is 24.8 Å². The Labute approximate surface area is 182 Å². The number of nitrogens with zero attached hydrogens (tertiary/aromatic N) is 4. The third kappa shape index (κ3) is 4.15. The molecule has 0 saturated heterocycles. The van der Waals surface area contributed by atoms with Gasteiger partial charge in [-0.05, 0) is 56.4 Å². The van der Waals surface area contributed by atoms with Crippen molar-refractivity contribution in [1.82, 2.24) is 19.7 Å². The van der Waals surface area contributed by atoms with E-state index in [9.17, 15) is 13.2 Å². The fraction of sp³-hybridized carbons (Fsp3) is 0.476. The van der Waals surface area contributed by atoms with E-state index in [0.29, 0.717) is 16.1 Å². The van der Waals surface area contributed by atoms with Crippen LogP contribution in [0.25, 0.3) is 10.9 Å². The summed E-state index contributed by atoms with van der Waals surface area (Å²) >= 11 is 6.11. The minimum Gasteiger partial charge on any atom is -0.382 e. The van der Waals surface area contributed by atoms with Crippen molar-refractivity contribution >= 4 is 34.1 Å². The molecule has 2 aromatic heterocycles. The lowest BCUT2D eigenvalue weighted by atomic mass is 9.90. The van der Waals surface area contributed by atoms with Crippen molar-refractivity contribution in [2.45, 2.75) is 63.3 Å². The molecule has 2 N–H and O–H groups in total. The van der Waals surface area contributed by atoms with Crippen LogP contribution in [-0.4, -0.2) is 31.8 Å². The van der Waals surface area contributed by atoms with E-state index in [1.54, 1.807) is 12.1 Å². The minimum absolute atomic E-state index is 0.0258. The van der Waals surface area contributed by atoms with E-state index in [2.05, 4.69) is 30.4 Å². The van der Waals surface area contributed by atoms with E-state index in [1.807, 2.05) is 0 Å². The highest BCUT2D eigenvalue weighted by Crippen LogP contribution is 2.35. The second kappa shape index (κ2) is 7.85. The first kappa shape index (κ1) is 20.4. The zero-order valence-electron chi connectivity index (χ0n) is 16.7. The molecule has 0 radical (unpaired) electrons. The van der Waals surface area contributed by atoms with Crippen LogP contribution >= 0.6 is 11.6 Å². The number of aryl methyl sites for hydroxylation is 1. The minimum atomic E-state index is -4.52. The summed E-state index contributed by atoms with van der Waals surface area (Å²) in [6, 6.07) is 6.02. The predicted octanol–water partition coefficient (Wildman–Crippen LogP) is 5.28. The molecule has 6 nitrogen and oxygen atoms in total. The predicted molar refractivity (Wildman–Crippen MR) is 113 cm³/mol. The van der Waals surface area contributed by atoms with E-state index in [4.69, 9.17) is 11.6 Å². The normalized spacial score (nSPS) is 21.3. The molecule has 10 heteroatoms. The summed E-state index contributed by atoms with van der Waals surface area (Å²) in [7, 11) is 0. The Hall–Kier alpha value is -2.55. The molecular formula is C21H22ClF3N6. The topological polar surface area (TPSA) is 67.7 Å². The number of pyridine rings is 1. The highest BCUT2D eigenvalue weighted by Gasteiger charge is 2.34. The third-order valence-electron chi connectivity index (χ3n) is 6.04. The zero-order chi connectivity index (χ0) is 21.6. The Morgan fingerprint density at radius 2 is 1.84 bits per heavy atom. The van der Waals surface area contributed by atoms with Gasteiger partial charge in [-0.3, -0.25) is 4.57 Å². The molecule has 31 heavy (non-hydrogen) atoms. The van der Waals surface area contributed by atoms with Crippen molar-refractivity contribution in [2.75, 3.05) is 10.6 Å². The van der Waals surface area contributed by atoms with Gasteiger partial charge in [0.15, 0.2) is 0 Å². The summed E-state index contributed by atoms with van der Waals surface area (Å²) in [5, 5.41) is 16.4. The van der Waals surface area contributed by atoms with Gasteiger partial charge < -0.3 is 10.6 Å². The first-order valence-corrected chi connectivity index (χ1v) is 10.9. The second-order valence-corrected chi connectivity index (χ2v) is 8.69. The zero-order valence-corrected chi connectivity index (χ0v) is 17.5. The Balaban J connectivity index is 1.38. The fourth-order valence-corrected chi connectivity index (χ4v) is 4.75. The van der Waals surface area contributed by atoms with Crippen LogP contribution in [0.2, 0.25) is 5.02 Å². The molecule has 1 aromatic carbocycles. The smallest absolute Gasteiger partial charge is 0.382 e. The monoisotopic (exact) mass is 450 g/mol. The van der Waals surface area contributed by atoms with Gasteiger partial charge in [-0.2, -0.15) is 13.2 Å². The number of alkyl halides is 3. The standard InChI is InChI=1S/C21H22ClF3N6/c22-12-6-7-16-15(9-12)17(11-18(28-16)21(23,24)25)26-13-3-1-4-14(10-13)27-20-30-29-19-5-2-8-31(19)20/h6-7,9,11,13-14H,1-5,8,10H2,(H,26,28)(H,27,30)/t13-,14+/m0/s1. The van der Waals surface area contributed by atoms with Gasteiger partial charge in [0.25, 0.3) is 0 Å². The number of hydrogen-bond donors (Lipinski definition) is 2. The molecule has 164 valence electrons. The molecule has 0 spiro atoms. The van der Waals surface area contributed by atoms with Crippen LogP contribution in [0, 0.1) is 0 Å². The lowest BCUT2D eigenvalue weighted by Crippen LogP contribution is -2.35. The molecule has 1 aliphatic carbocycles. The van der Waals surface area contributed by atoms with Crippen LogP contribution in [0.5, 0.6) is 0 Å². The number of benzene rings is 1. The molecule has 1 fully saturated rings. The summed E-state index contributed by atoms with van der Waals surface area (Å²) < 4.78 is 42.3. The first-order valence-electron chi connectivity index (χ1n) is 10.5. The maximum Gasteiger partial charge on any atom is 0.433 e. The van der Waals surface area contributed by atoms with Gasteiger partial charge in [0.05, 0.1) is 5.52 Å². The van der Waals surface area contributed by atoms with Crippen LogP contribution < -0.4 is 10.6 Å². The molecular weight excluding hydrogens is 429 g/mol. The Kier molecular flexibility index (Phi) is 5.16. The molecule has 0 unspecified atom stereocenters. The maximum atomic E-state index is 13.4. The average molecular weight is 451 g/mol. The fourth-order valence-electron chi connectivity index (χ4n) is 4.57. The number of halogens is 4. The van der Waals surface area contributed by atoms with E-state index in [0.717, 1.165) is 62.9 Å². The Morgan fingerprint density at radius 3 is 2.65 bits per heavy atom. The van der Waals surface area contributed by atoms with Crippen molar-refractivity contribution in [1.29, 1.82) is 0 Å². The van der Waals surface area contributed by atoms with E-state index >= 15 is 0 Å². The quantitative estimate of drug-likeness (QED) is 0.566. The summed E-state index contributed by atoms with van der Waals surface area (Å²) in [4.78, 5) is 3.79. The lowest BCUT2D eigenvalue weighted by Gasteiger charge is -2.31. The Morgan fingerprint density at radius 1 is 1.03 bits per heavy atom. The van der Waals surface area contributed by atoms with Crippen LogP contribution in [0.15, 0.2) is 24.3 Å². The Bertz CT molecular complexity index is 1110. The van der Waals surface area contributed by atoms with Gasteiger partial charge in [0.1, 0.15) is 11.5 Å². The number of aromatic nitrogens is 4. The van der Waals surface area contributed by atoms with Crippen molar-refractivity contribution in [3.05, 3.63) is 40.8 Å². The van der Waals surface area contributed by atoms with Gasteiger partial charge in [-0.15, -0.1) is 10.2 Å². The number of nitrogens with one attached hydrogen (secondary N) is 2. The summed E-state index contributed by atoms with van der Waals surface area (Å²) in [5.41, 5.74) is -0.227. The highest BCUT2D eigenvalue weighted by molar-refractivity contribution is 6.31. The van der Waals surface area contributed by atoms with Gasteiger partial charge in [0.2, 0.25) is 5.95 Å². The molecule has 1 saturated carbocycles. The van der Waals surface area contributed by atoms with Crippen molar-refractivity contribution < 1.29 is 13.2 Å². The summed E-state index contributed by atoms with van der Waals surface area (Å²) in [6.45, 7) is 0.920. The molecule has 0 bridgehead atoms. The summed E-state index contributed by atoms with van der Waals surface area (Å²) in [6.07, 6.45) is 1.10. The van der Waals surface area contributed by atoms with Gasteiger partial charge in [-0.25, -0.2) is 4.98 Å². The van der Waals surface area contributed by atoms with Crippen LogP contribution in [-0.2, 0) is 19.1 Å². The van der Waals surface area contributed by atoms with Crippen LogP contribution in [0.3, 0.4) is 0 Å². The third-order valence-corrected chi connectivity index (χ3v) is 6.27. The molecule has 3 aromatic rings. The highest BCUT2D eigenvalue weighted by atomic mass is 35.5. The first-order chi connectivity index (χ1) is 14.9. The van der Waals surface area contributed by atoms with Gasteiger partial charge in [-0.1, -0.05) is 11.6 Å². The molecule has 2 atom stereocenters. The van der Waals surface area contributed by atoms with Crippen molar-refractivity contribution in [3.63, 3.8) is 0 Å². The van der Waals surface area contributed by atoms with Gasteiger partial charge >= 0.3 is 6.18 Å². The number of hydrogen-bond acceptors (Lipinski definition) is 5. The van der Waals surface area contributed by atoms with Gasteiger partial charge in [0, 0.05) is 41.1 Å². The molecule has 1 aliphatic heterocycles. The maximum absolute atomic E-state index is 13.4. The molecule has 2 aliphatic rings. The number of fused-ring (bicyclic) bond motifs is 2. The van der Waals surface area contributed by atoms with Crippen molar-refractivity contribution in [2.24, 2.45) is 0 Å².